The van der Waals surface area contributed by atoms with Crippen molar-refractivity contribution in [2.24, 2.45) is 0 Å². The van der Waals surface area contributed by atoms with Gasteiger partial charge in [0.25, 0.3) is 0 Å². The molecule has 4 aromatic rings. The van der Waals surface area contributed by atoms with Crippen LogP contribution in [-0.2, 0) is 4.74 Å². The van der Waals surface area contributed by atoms with Gasteiger partial charge in [-0.15, -0.1) is 0 Å². The zero-order chi connectivity index (χ0) is 24.2. The van der Waals surface area contributed by atoms with Crippen LogP contribution in [0.2, 0.25) is 5.02 Å². The van der Waals surface area contributed by atoms with E-state index in [9.17, 15) is 8.78 Å². The Morgan fingerprint density at radius 3 is 2.31 bits per heavy atom. The molecule has 5 rings (SSSR count). The van der Waals surface area contributed by atoms with E-state index < -0.39 is 11.6 Å². The quantitative estimate of drug-likeness (QED) is 0.353. The van der Waals surface area contributed by atoms with Crippen LogP contribution in [0.25, 0.3) is 11.4 Å². The van der Waals surface area contributed by atoms with E-state index in [0.717, 1.165) is 43.7 Å². The third-order valence-electron chi connectivity index (χ3n) is 5.32. The van der Waals surface area contributed by atoms with Crippen LogP contribution >= 0.6 is 11.6 Å². The topological polar surface area (TPSA) is 88.1 Å². The highest BCUT2D eigenvalue weighted by atomic mass is 35.5. The predicted octanol–water partition coefficient (Wildman–Crippen LogP) is 5.19. The number of morpholine rings is 1. The minimum absolute atomic E-state index is 0.00869. The Bertz CT molecular complexity index is 1330. The van der Waals surface area contributed by atoms with Gasteiger partial charge in [-0.3, -0.25) is 0 Å². The molecule has 8 nitrogen and oxygen atoms in total. The summed E-state index contributed by atoms with van der Waals surface area (Å²) in [6, 6.07) is 13.1. The number of nitrogens with zero attached hydrogens (tertiary/aromatic N) is 5. The van der Waals surface area contributed by atoms with Gasteiger partial charge in [0.1, 0.15) is 23.3 Å². The normalized spacial score (nSPS) is 13.5. The fraction of sp³-hybridized carbons (Fsp3) is 0.167. The van der Waals surface area contributed by atoms with Crippen LogP contribution < -0.4 is 15.5 Å². The second kappa shape index (κ2) is 10.2. The predicted molar refractivity (Wildman–Crippen MR) is 130 cm³/mol. The summed E-state index contributed by atoms with van der Waals surface area (Å²) in [5, 5.41) is 6.01. The maximum atomic E-state index is 14.2. The molecule has 0 amide bonds. The van der Waals surface area contributed by atoms with Gasteiger partial charge in [-0.05, 0) is 42.5 Å². The summed E-state index contributed by atoms with van der Waals surface area (Å²) in [4.78, 5) is 19.4. The number of rotatable bonds is 6. The third-order valence-corrected chi connectivity index (χ3v) is 5.61. The standard InChI is InChI=1S/C24H20ClF2N7O/c25-18-13-17(19(26)14-20(18)27)23-28-7-5-21(32-23)31-22-6-8-29-24(33-22)30-15-1-3-16(4-2-15)34-9-11-35-12-10-34/h1-8,13-14H,9-12H2,(H2,28,29,30,31,32,33). The van der Waals surface area contributed by atoms with E-state index in [-0.39, 0.29) is 16.4 Å². The number of hydrogen-bond acceptors (Lipinski definition) is 8. The van der Waals surface area contributed by atoms with Crippen LogP contribution in [-0.4, -0.2) is 46.2 Å². The fourth-order valence-electron chi connectivity index (χ4n) is 3.58. The van der Waals surface area contributed by atoms with Crippen LogP contribution in [0, 0.1) is 11.6 Å². The van der Waals surface area contributed by atoms with E-state index in [0.29, 0.717) is 23.7 Å². The van der Waals surface area contributed by atoms with Crippen LogP contribution in [0.15, 0.2) is 60.9 Å². The maximum absolute atomic E-state index is 14.2. The molecule has 1 aliphatic rings. The molecular formula is C24H20ClF2N7O. The molecule has 3 heterocycles. The molecular weight excluding hydrogens is 476 g/mol. The van der Waals surface area contributed by atoms with Crippen molar-refractivity contribution in [3.8, 4) is 11.4 Å². The number of benzene rings is 2. The van der Waals surface area contributed by atoms with Crippen molar-refractivity contribution >= 4 is 40.6 Å². The van der Waals surface area contributed by atoms with Gasteiger partial charge in [0, 0.05) is 42.9 Å². The van der Waals surface area contributed by atoms with Gasteiger partial charge >= 0.3 is 0 Å². The molecule has 178 valence electrons. The molecule has 0 bridgehead atoms. The van der Waals surface area contributed by atoms with Crippen molar-refractivity contribution in [2.45, 2.75) is 0 Å². The number of halogens is 3. The third kappa shape index (κ3) is 5.44. The van der Waals surface area contributed by atoms with Gasteiger partial charge < -0.3 is 20.3 Å². The molecule has 1 fully saturated rings. The average Bonchev–Trinajstić information content (AvgIpc) is 2.88. The Morgan fingerprint density at radius 2 is 1.54 bits per heavy atom. The highest BCUT2D eigenvalue weighted by Crippen LogP contribution is 2.27. The van der Waals surface area contributed by atoms with Gasteiger partial charge in [0.15, 0.2) is 5.82 Å². The molecule has 0 radical (unpaired) electrons. The summed E-state index contributed by atoms with van der Waals surface area (Å²) in [6.45, 7) is 3.20. The zero-order valence-corrected chi connectivity index (χ0v) is 19.1. The highest BCUT2D eigenvalue weighted by molar-refractivity contribution is 6.31. The number of ether oxygens (including phenoxy) is 1. The number of nitrogens with one attached hydrogen (secondary N) is 2. The van der Waals surface area contributed by atoms with Crippen molar-refractivity contribution in [3.63, 3.8) is 0 Å². The Balaban J connectivity index is 1.29. The molecule has 0 aliphatic carbocycles. The Labute approximate surface area is 205 Å². The van der Waals surface area contributed by atoms with E-state index in [4.69, 9.17) is 16.3 Å². The monoisotopic (exact) mass is 495 g/mol. The number of aromatic nitrogens is 4. The summed E-state index contributed by atoms with van der Waals surface area (Å²) < 4.78 is 33.1. The van der Waals surface area contributed by atoms with Gasteiger partial charge in [-0.1, -0.05) is 11.6 Å². The lowest BCUT2D eigenvalue weighted by Crippen LogP contribution is -2.36. The molecule has 2 aromatic heterocycles. The second-order valence-electron chi connectivity index (χ2n) is 7.67. The summed E-state index contributed by atoms with van der Waals surface area (Å²) in [6.07, 6.45) is 3.05. The first-order valence-corrected chi connectivity index (χ1v) is 11.2. The van der Waals surface area contributed by atoms with E-state index in [1.165, 1.54) is 6.20 Å². The van der Waals surface area contributed by atoms with Crippen molar-refractivity contribution in [2.75, 3.05) is 41.8 Å². The molecule has 35 heavy (non-hydrogen) atoms. The SMILES string of the molecule is Fc1cc(F)c(-c2nccc(Nc3ccnc(Nc4ccc(N5CCOCC5)cc4)n3)n2)cc1Cl. The van der Waals surface area contributed by atoms with Crippen LogP contribution in [0.1, 0.15) is 0 Å². The molecule has 11 heteroatoms. The van der Waals surface area contributed by atoms with Crippen LogP contribution in [0.5, 0.6) is 0 Å². The lowest BCUT2D eigenvalue weighted by Gasteiger charge is -2.28. The first kappa shape index (κ1) is 22.9. The van der Waals surface area contributed by atoms with Gasteiger partial charge in [-0.25, -0.2) is 23.7 Å². The molecule has 2 N–H and O–H groups in total. The Hall–Kier alpha value is -3.89. The summed E-state index contributed by atoms with van der Waals surface area (Å²) in [5.74, 6) is -0.373. The molecule has 1 saturated heterocycles. The minimum atomic E-state index is -0.848. The van der Waals surface area contributed by atoms with Crippen LogP contribution in [0.3, 0.4) is 0 Å². The van der Waals surface area contributed by atoms with Crippen molar-refractivity contribution in [1.82, 2.24) is 19.9 Å². The molecule has 1 aliphatic heterocycles. The molecule has 0 saturated carbocycles. The lowest BCUT2D eigenvalue weighted by atomic mass is 10.2. The van der Waals surface area contributed by atoms with Crippen LogP contribution in [0.4, 0.5) is 37.7 Å². The molecule has 2 aromatic carbocycles. The Kier molecular flexibility index (Phi) is 6.64. The van der Waals surface area contributed by atoms with E-state index in [2.05, 4.69) is 35.5 Å². The van der Waals surface area contributed by atoms with E-state index in [1.54, 1.807) is 18.3 Å². The Morgan fingerprint density at radius 1 is 0.829 bits per heavy atom. The first-order valence-electron chi connectivity index (χ1n) is 10.8. The molecule has 0 unspecified atom stereocenters. The van der Waals surface area contributed by atoms with E-state index in [1.807, 2.05) is 24.3 Å². The largest absolute Gasteiger partial charge is 0.378 e. The number of anilines is 5. The van der Waals surface area contributed by atoms with Gasteiger partial charge in [0.2, 0.25) is 5.95 Å². The first-order chi connectivity index (χ1) is 17.0. The fourth-order valence-corrected chi connectivity index (χ4v) is 3.74. The smallest absolute Gasteiger partial charge is 0.229 e. The molecule has 0 atom stereocenters. The second-order valence-corrected chi connectivity index (χ2v) is 8.08. The lowest BCUT2D eigenvalue weighted by molar-refractivity contribution is 0.122. The van der Waals surface area contributed by atoms with E-state index >= 15 is 0 Å². The van der Waals surface area contributed by atoms with Crippen molar-refractivity contribution in [1.29, 1.82) is 0 Å². The van der Waals surface area contributed by atoms with Gasteiger partial charge in [-0.2, -0.15) is 4.98 Å². The average molecular weight is 496 g/mol. The highest BCUT2D eigenvalue weighted by Gasteiger charge is 2.14. The molecule has 0 spiro atoms. The van der Waals surface area contributed by atoms with Crippen molar-refractivity contribution in [3.05, 3.63) is 77.6 Å². The maximum Gasteiger partial charge on any atom is 0.229 e. The number of hydrogen-bond donors (Lipinski definition) is 2. The summed E-state index contributed by atoms with van der Waals surface area (Å²) in [7, 11) is 0. The van der Waals surface area contributed by atoms with Gasteiger partial charge in [0.05, 0.1) is 23.8 Å². The van der Waals surface area contributed by atoms with Crippen molar-refractivity contribution < 1.29 is 13.5 Å². The summed E-state index contributed by atoms with van der Waals surface area (Å²) >= 11 is 5.79. The minimum Gasteiger partial charge on any atom is -0.378 e. The zero-order valence-electron chi connectivity index (χ0n) is 18.4. The summed E-state index contributed by atoms with van der Waals surface area (Å²) in [5.41, 5.74) is 1.96.